The Morgan fingerprint density at radius 1 is 1.10 bits per heavy atom. The van der Waals surface area contributed by atoms with E-state index in [9.17, 15) is 9.59 Å². The number of hydrogen-bond donors (Lipinski definition) is 3. The maximum absolute atomic E-state index is 11.8. The lowest BCUT2D eigenvalue weighted by Crippen LogP contribution is -2.48. The molecule has 0 aromatic heterocycles. The molecule has 20 heavy (non-hydrogen) atoms. The Kier molecular flexibility index (Phi) is 5.79. The van der Waals surface area contributed by atoms with Crippen molar-refractivity contribution in [2.75, 3.05) is 26.7 Å². The topological polar surface area (TPSA) is 73.5 Å². The second-order valence-corrected chi connectivity index (χ2v) is 5.87. The van der Waals surface area contributed by atoms with E-state index >= 15 is 0 Å². The van der Waals surface area contributed by atoms with E-state index in [1.807, 2.05) is 7.05 Å². The van der Waals surface area contributed by atoms with Gasteiger partial charge in [0.2, 0.25) is 5.91 Å². The van der Waals surface area contributed by atoms with Crippen LogP contribution in [0, 0.1) is 0 Å². The number of carbonyl (C=O) groups is 2. The number of urea groups is 1. The molecule has 1 unspecified atom stereocenters. The highest BCUT2D eigenvalue weighted by atomic mass is 16.2. The van der Waals surface area contributed by atoms with E-state index in [1.165, 1.54) is 6.42 Å². The van der Waals surface area contributed by atoms with Crippen molar-refractivity contribution in [2.24, 2.45) is 0 Å². The van der Waals surface area contributed by atoms with Gasteiger partial charge in [0.25, 0.3) is 0 Å². The highest BCUT2D eigenvalue weighted by Crippen LogP contribution is 2.17. The molecule has 1 heterocycles. The summed E-state index contributed by atoms with van der Waals surface area (Å²) in [6.45, 7) is 2.08. The zero-order valence-corrected chi connectivity index (χ0v) is 12.3. The lowest BCUT2D eigenvalue weighted by molar-refractivity contribution is -0.120. The van der Waals surface area contributed by atoms with Gasteiger partial charge in [-0.05, 0) is 26.3 Å². The quantitative estimate of drug-likeness (QED) is 0.699. The van der Waals surface area contributed by atoms with Gasteiger partial charge in [0.05, 0.1) is 6.54 Å². The monoisotopic (exact) mass is 282 g/mol. The third-order valence-electron chi connectivity index (χ3n) is 4.24. The predicted molar refractivity (Wildman–Crippen MR) is 77.5 cm³/mol. The Hall–Kier alpha value is -1.14. The Labute approximate surface area is 120 Å². The average molecular weight is 282 g/mol. The molecular weight excluding hydrogens is 256 g/mol. The van der Waals surface area contributed by atoms with Crippen molar-refractivity contribution >= 4 is 11.9 Å². The molecule has 114 valence electrons. The molecule has 2 fully saturated rings. The van der Waals surface area contributed by atoms with Gasteiger partial charge in [-0.2, -0.15) is 0 Å². The van der Waals surface area contributed by atoms with Crippen LogP contribution in [0.1, 0.15) is 38.5 Å². The first kappa shape index (κ1) is 15.3. The van der Waals surface area contributed by atoms with Crippen LogP contribution < -0.4 is 16.0 Å². The third-order valence-corrected chi connectivity index (χ3v) is 4.24. The Morgan fingerprint density at radius 3 is 2.50 bits per heavy atom. The van der Waals surface area contributed by atoms with Gasteiger partial charge in [0, 0.05) is 25.2 Å². The van der Waals surface area contributed by atoms with Crippen LogP contribution in [-0.4, -0.2) is 55.6 Å². The number of carbonyl (C=O) groups excluding carboxylic acids is 2. The fourth-order valence-electron chi connectivity index (χ4n) is 3.05. The first-order valence-electron chi connectivity index (χ1n) is 7.67. The van der Waals surface area contributed by atoms with Crippen LogP contribution in [0.15, 0.2) is 0 Å². The first-order valence-corrected chi connectivity index (χ1v) is 7.67. The van der Waals surface area contributed by atoms with Crippen molar-refractivity contribution in [3.63, 3.8) is 0 Å². The van der Waals surface area contributed by atoms with E-state index in [0.29, 0.717) is 12.6 Å². The summed E-state index contributed by atoms with van der Waals surface area (Å²) in [6.07, 6.45) is 6.68. The van der Waals surface area contributed by atoms with Gasteiger partial charge in [-0.3, -0.25) is 15.0 Å². The molecular formula is C14H26N4O2. The van der Waals surface area contributed by atoms with Crippen molar-refractivity contribution in [1.82, 2.24) is 20.9 Å². The molecule has 3 N–H and O–H groups in total. The van der Waals surface area contributed by atoms with E-state index in [0.717, 1.165) is 45.2 Å². The molecule has 1 saturated carbocycles. The van der Waals surface area contributed by atoms with Gasteiger partial charge in [0.15, 0.2) is 0 Å². The zero-order chi connectivity index (χ0) is 14.4. The number of imide groups is 1. The van der Waals surface area contributed by atoms with Gasteiger partial charge in [0.1, 0.15) is 0 Å². The highest BCUT2D eigenvalue weighted by Gasteiger charge is 2.23. The normalized spacial score (nSPS) is 24.6. The Morgan fingerprint density at radius 2 is 1.85 bits per heavy atom. The molecule has 2 rings (SSSR count). The standard InChI is InChI=1S/C14H26N4O2/c1-15-12-7-8-18(9-12)10-13(19)17-14(20)16-11-5-3-2-4-6-11/h11-12,15H,2-10H2,1H3,(H2,16,17,19,20). The first-order chi connectivity index (χ1) is 9.67. The minimum absolute atomic E-state index is 0.213. The van der Waals surface area contributed by atoms with E-state index < -0.39 is 0 Å². The van der Waals surface area contributed by atoms with E-state index in [1.54, 1.807) is 0 Å². The van der Waals surface area contributed by atoms with Gasteiger partial charge < -0.3 is 10.6 Å². The van der Waals surface area contributed by atoms with Gasteiger partial charge in [-0.25, -0.2) is 4.79 Å². The lowest BCUT2D eigenvalue weighted by Gasteiger charge is -2.23. The molecule has 0 bridgehead atoms. The molecule has 0 spiro atoms. The smallest absolute Gasteiger partial charge is 0.321 e. The molecule has 2 aliphatic rings. The molecule has 0 aromatic carbocycles. The molecule has 3 amide bonds. The van der Waals surface area contributed by atoms with Gasteiger partial charge >= 0.3 is 6.03 Å². The minimum Gasteiger partial charge on any atom is -0.335 e. The van der Waals surface area contributed by atoms with E-state index in [-0.39, 0.29) is 18.0 Å². The maximum atomic E-state index is 11.8. The largest absolute Gasteiger partial charge is 0.335 e. The lowest BCUT2D eigenvalue weighted by atomic mass is 9.96. The van der Waals surface area contributed by atoms with Crippen LogP contribution >= 0.6 is 0 Å². The molecule has 1 aliphatic carbocycles. The number of rotatable bonds is 4. The summed E-state index contributed by atoms with van der Waals surface area (Å²) in [6, 6.07) is 0.349. The van der Waals surface area contributed by atoms with Crippen molar-refractivity contribution < 1.29 is 9.59 Å². The minimum atomic E-state index is -0.341. The molecule has 6 nitrogen and oxygen atoms in total. The molecule has 0 aromatic rings. The van der Waals surface area contributed by atoms with Crippen LogP contribution in [0.4, 0.5) is 4.79 Å². The summed E-state index contributed by atoms with van der Waals surface area (Å²) in [7, 11) is 1.94. The number of likely N-dealkylation sites (N-methyl/N-ethyl adjacent to an activating group) is 1. The number of hydrogen-bond acceptors (Lipinski definition) is 4. The molecule has 0 radical (unpaired) electrons. The van der Waals surface area contributed by atoms with Crippen LogP contribution in [0.3, 0.4) is 0 Å². The average Bonchev–Trinajstić information content (AvgIpc) is 2.87. The second-order valence-electron chi connectivity index (χ2n) is 5.87. The van der Waals surface area contributed by atoms with Crippen molar-refractivity contribution in [1.29, 1.82) is 0 Å². The number of amides is 3. The summed E-state index contributed by atoms with van der Waals surface area (Å²) < 4.78 is 0. The van der Waals surface area contributed by atoms with E-state index in [4.69, 9.17) is 0 Å². The van der Waals surface area contributed by atoms with Gasteiger partial charge in [-0.15, -0.1) is 0 Å². The van der Waals surface area contributed by atoms with E-state index in [2.05, 4.69) is 20.9 Å². The van der Waals surface area contributed by atoms with Crippen LogP contribution in [0.25, 0.3) is 0 Å². The third kappa shape index (κ3) is 4.76. The summed E-state index contributed by atoms with van der Waals surface area (Å²) in [5, 5.41) is 8.54. The maximum Gasteiger partial charge on any atom is 0.321 e. The number of nitrogens with one attached hydrogen (secondary N) is 3. The SMILES string of the molecule is CNC1CCN(CC(=O)NC(=O)NC2CCCCC2)C1. The number of likely N-dealkylation sites (tertiary alicyclic amines) is 1. The van der Waals surface area contributed by atoms with Gasteiger partial charge in [-0.1, -0.05) is 19.3 Å². The predicted octanol–water partition coefficient (Wildman–Crippen LogP) is 0.439. The van der Waals surface area contributed by atoms with Crippen LogP contribution in [-0.2, 0) is 4.79 Å². The summed E-state index contributed by atoms with van der Waals surface area (Å²) >= 11 is 0. The molecule has 1 saturated heterocycles. The second kappa shape index (κ2) is 7.59. The molecule has 1 aliphatic heterocycles. The fourth-order valence-corrected chi connectivity index (χ4v) is 3.05. The van der Waals surface area contributed by atoms with Crippen molar-refractivity contribution in [3.8, 4) is 0 Å². The highest BCUT2D eigenvalue weighted by molar-refractivity contribution is 5.95. The summed E-state index contributed by atoms with van der Waals surface area (Å²) in [5.41, 5.74) is 0. The zero-order valence-electron chi connectivity index (χ0n) is 12.3. The van der Waals surface area contributed by atoms with Crippen LogP contribution in [0.2, 0.25) is 0 Å². The molecule has 6 heteroatoms. The Balaban J connectivity index is 1.64. The van der Waals surface area contributed by atoms with Crippen molar-refractivity contribution in [2.45, 2.75) is 50.6 Å². The van der Waals surface area contributed by atoms with Crippen LogP contribution in [0.5, 0.6) is 0 Å². The molecule has 1 atom stereocenters. The Bertz CT molecular complexity index is 342. The summed E-state index contributed by atoms with van der Waals surface area (Å²) in [4.78, 5) is 25.6. The number of nitrogens with zero attached hydrogens (tertiary/aromatic N) is 1. The summed E-state index contributed by atoms with van der Waals surface area (Å²) in [5.74, 6) is -0.213. The fraction of sp³-hybridized carbons (Fsp3) is 0.857. The van der Waals surface area contributed by atoms with Crippen molar-refractivity contribution in [3.05, 3.63) is 0 Å².